The number of halogens is 1. The van der Waals surface area contributed by atoms with E-state index in [9.17, 15) is 9.90 Å². The minimum atomic E-state index is -0.596. The molecule has 2 aromatic rings. The van der Waals surface area contributed by atoms with E-state index in [1.54, 1.807) is 0 Å². The molecule has 1 atom stereocenters. The normalized spacial score (nSPS) is 12.2. The topological polar surface area (TPSA) is 49.8 Å². The van der Waals surface area contributed by atoms with Crippen molar-refractivity contribution in [2.45, 2.75) is 52.6 Å². The van der Waals surface area contributed by atoms with Crippen molar-refractivity contribution in [3.8, 4) is 5.75 Å². The van der Waals surface area contributed by atoms with E-state index in [0.717, 1.165) is 37.1 Å². The number of ketones is 1. The molecule has 2 rings (SSSR count). The third-order valence-electron chi connectivity index (χ3n) is 4.97. The Morgan fingerprint density at radius 3 is 2.40 bits per heavy atom. The first-order valence-corrected chi connectivity index (χ1v) is 11.2. The highest BCUT2D eigenvalue weighted by molar-refractivity contribution is 6.30. The van der Waals surface area contributed by atoms with Crippen LogP contribution in [0.3, 0.4) is 0 Å². The van der Waals surface area contributed by atoms with E-state index >= 15 is 0 Å². The highest BCUT2D eigenvalue weighted by atomic mass is 35.5. The average Bonchev–Trinajstić information content (AvgIpc) is 2.72. The highest BCUT2D eigenvalue weighted by Gasteiger charge is 2.16. The number of aliphatic hydroxyl groups is 1. The predicted molar refractivity (Wildman–Crippen MR) is 124 cm³/mol. The van der Waals surface area contributed by atoms with Gasteiger partial charge in [-0.05, 0) is 69.1 Å². The molecule has 164 valence electrons. The van der Waals surface area contributed by atoms with Crippen LogP contribution in [0.2, 0.25) is 5.02 Å². The van der Waals surface area contributed by atoms with E-state index < -0.39 is 6.10 Å². The molecule has 0 amide bonds. The van der Waals surface area contributed by atoms with Crippen molar-refractivity contribution < 1.29 is 14.6 Å². The maximum atomic E-state index is 12.9. The van der Waals surface area contributed by atoms with Gasteiger partial charge in [0.05, 0.1) is 5.56 Å². The number of aliphatic hydroxyl groups excluding tert-OH is 1. The van der Waals surface area contributed by atoms with Gasteiger partial charge in [0, 0.05) is 18.0 Å². The van der Waals surface area contributed by atoms with Crippen molar-refractivity contribution in [3.63, 3.8) is 0 Å². The first kappa shape index (κ1) is 24.4. The van der Waals surface area contributed by atoms with Crippen LogP contribution >= 0.6 is 11.6 Å². The van der Waals surface area contributed by atoms with Crippen LogP contribution in [0.4, 0.5) is 0 Å². The summed E-state index contributed by atoms with van der Waals surface area (Å²) in [6.45, 7) is 8.91. The van der Waals surface area contributed by atoms with Crippen molar-refractivity contribution in [3.05, 3.63) is 64.2 Å². The number of ether oxygens (including phenoxy) is 1. The van der Waals surface area contributed by atoms with Gasteiger partial charge in [0.25, 0.3) is 0 Å². The summed E-state index contributed by atoms with van der Waals surface area (Å²) in [5.74, 6) is 0.579. The second-order valence-electron chi connectivity index (χ2n) is 7.81. The number of rotatable bonds is 13. The fraction of sp³-hybridized carbons (Fsp3) is 0.480. The van der Waals surface area contributed by atoms with Crippen LogP contribution in [0.1, 0.15) is 54.6 Å². The number of aryl methyl sites for hydroxylation is 2. The molecule has 0 aliphatic heterocycles. The van der Waals surface area contributed by atoms with E-state index in [1.165, 1.54) is 0 Å². The molecule has 1 N–H and O–H groups in total. The number of carbonyl (C=O) groups excluding carboxylic acids is 1. The molecule has 0 fully saturated rings. The molecule has 4 nitrogen and oxygen atoms in total. The molecule has 0 radical (unpaired) electrons. The van der Waals surface area contributed by atoms with Gasteiger partial charge in [-0.3, -0.25) is 4.79 Å². The van der Waals surface area contributed by atoms with Crippen LogP contribution in [0, 0.1) is 6.92 Å². The maximum Gasteiger partial charge on any atom is 0.166 e. The SMILES string of the molecule is CCCN(CCC)CC(O)COc1ccc(C)cc1C(=O)CCc1ccc(Cl)cc1. The molecule has 30 heavy (non-hydrogen) atoms. The molecule has 0 aromatic heterocycles. The summed E-state index contributed by atoms with van der Waals surface area (Å²) in [5.41, 5.74) is 2.66. The quantitative estimate of drug-likeness (QED) is 0.436. The molecule has 0 heterocycles. The summed E-state index contributed by atoms with van der Waals surface area (Å²) in [4.78, 5) is 15.1. The molecule has 0 spiro atoms. The summed E-state index contributed by atoms with van der Waals surface area (Å²) >= 11 is 5.93. The fourth-order valence-electron chi connectivity index (χ4n) is 3.49. The van der Waals surface area contributed by atoms with E-state index in [-0.39, 0.29) is 12.4 Å². The molecule has 1 unspecified atom stereocenters. The molecule has 0 aliphatic carbocycles. The average molecular weight is 432 g/mol. The van der Waals surface area contributed by atoms with Gasteiger partial charge >= 0.3 is 0 Å². The monoisotopic (exact) mass is 431 g/mol. The van der Waals surface area contributed by atoms with Gasteiger partial charge < -0.3 is 14.7 Å². The molecular formula is C25H34ClNO3. The van der Waals surface area contributed by atoms with Crippen molar-refractivity contribution in [1.29, 1.82) is 0 Å². The summed E-state index contributed by atoms with van der Waals surface area (Å²) in [6, 6.07) is 13.2. The zero-order chi connectivity index (χ0) is 21.9. The second-order valence-corrected chi connectivity index (χ2v) is 8.25. The number of nitrogens with zero attached hydrogens (tertiary/aromatic N) is 1. The number of hydrogen-bond donors (Lipinski definition) is 1. The number of benzene rings is 2. The van der Waals surface area contributed by atoms with Gasteiger partial charge in [0.15, 0.2) is 5.78 Å². The predicted octanol–water partition coefficient (Wildman–Crippen LogP) is 5.33. The Labute approximate surface area is 185 Å². The fourth-order valence-corrected chi connectivity index (χ4v) is 3.62. The van der Waals surface area contributed by atoms with Gasteiger partial charge in [0.1, 0.15) is 18.5 Å². The zero-order valence-corrected chi connectivity index (χ0v) is 19.1. The van der Waals surface area contributed by atoms with Crippen molar-refractivity contribution in [2.75, 3.05) is 26.2 Å². The lowest BCUT2D eigenvalue weighted by atomic mass is 10.0. The Morgan fingerprint density at radius 2 is 1.77 bits per heavy atom. The summed E-state index contributed by atoms with van der Waals surface area (Å²) in [7, 11) is 0. The first-order chi connectivity index (χ1) is 14.4. The van der Waals surface area contributed by atoms with Crippen molar-refractivity contribution in [1.82, 2.24) is 4.90 Å². The van der Waals surface area contributed by atoms with E-state index in [2.05, 4.69) is 18.7 Å². The van der Waals surface area contributed by atoms with Crippen LogP contribution in [-0.4, -0.2) is 48.1 Å². The third-order valence-corrected chi connectivity index (χ3v) is 5.22. The lowest BCUT2D eigenvalue weighted by molar-refractivity contribution is 0.0673. The Balaban J connectivity index is 1.98. The largest absolute Gasteiger partial charge is 0.490 e. The molecule has 2 aromatic carbocycles. The van der Waals surface area contributed by atoms with E-state index in [0.29, 0.717) is 35.7 Å². The van der Waals surface area contributed by atoms with Crippen LogP contribution < -0.4 is 4.74 Å². The lowest BCUT2D eigenvalue weighted by Gasteiger charge is -2.24. The van der Waals surface area contributed by atoms with Crippen LogP contribution in [0.25, 0.3) is 0 Å². The molecule has 5 heteroatoms. The first-order valence-electron chi connectivity index (χ1n) is 10.8. The molecule has 0 bridgehead atoms. The van der Waals surface area contributed by atoms with Gasteiger partial charge in [-0.25, -0.2) is 0 Å². The Bertz CT molecular complexity index is 785. The molecule has 0 saturated carbocycles. The van der Waals surface area contributed by atoms with Gasteiger partial charge in [-0.1, -0.05) is 49.2 Å². The number of hydrogen-bond acceptors (Lipinski definition) is 4. The third kappa shape index (κ3) is 8.10. The van der Waals surface area contributed by atoms with Gasteiger partial charge in [-0.2, -0.15) is 0 Å². The molecule has 0 aliphatic rings. The summed E-state index contributed by atoms with van der Waals surface area (Å²) < 4.78 is 5.89. The van der Waals surface area contributed by atoms with Crippen LogP contribution in [0.15, 0.2) is 42.5 Å². The summed E-state index contributed by atoms with van der Waals surface area (Å²) in [5, 5.41) is 11.1. The van der Waals surface area contributed by atoms with Crippen molar-refractivity contribution >= 4 is 17.4 Å². The highest BCUT2D eigenvalue weighted by Crippen LogP contribution is 2.23. The summed E-state index contributed by atoms with van der Waals surface area (Å²) in [6.07, 6.45) is 2.55. The maximum absolute atomic E-state index is 12.9. The number of carbonyl (C=O) groups is 1. The Kier molecular flexibility index (Phi) is 10.4. The second kappa shape index (κ2) is 12.7. The molecular weight excluding hydrogens is 398 g/mol. The van der Waals surface area contributed by atoms with E-state index in [4.69, 9.17) is 16.3 Å². The minimum Gasteiger partial charge on any atom is -0.490 e. The van der Waals surface area contributed by atoms with Crippen molar-refractivity contribution in [2.24, 2.45) is 0 Å². The van der Waals surface area contributed by atoms with Gasteiger partial charge in [-0.15, -0.1) is 0 Å². The minimum absolute atomic E-state index is 0.0386. The smallest absolute Gasteiger partial charge is 0.166 e. The Morgan fingerprint density at radius 1 is 1.10 bits per heavy atom. The zero-order valence-electron chi connectivity index (χ0n) is 18.4. The Hall–Kier alpha value is -1.88. The number of Topliss-reactive ketones (excluding diaryl/α,β-unsaturated/α-hetero) is 1. The van der Waals surface area contributed by atoms with E-state index in [1.807, 2.05) is 49.4 Å². The molecule has 0 saturated heterocycles. The van der Waals surface area contributed by atoms with Gasteiger partial charge in [0.2, 0.25) is 0 Å². The van der Waals surface area contributed by atoms with Crippen LogP contribution in [0.5, 0.6) is 5.75 Å². The lowest BCUT2D eigenvalue weighted by Crippen LogP contribution is -2.36. The van der Waals surface area contributed by atoms with Crippen LogP contribution in [-0.2, 0) is 6.42 Å². The standard InChI is InChI=1S/C25H34ClNO3/c1-4-14-27(15-5-2)17-22(28)18-30-25-13-6-19(3)16-23(25)24(29)12-9-20-7-10-21(26)11-8-20/h6-8,10-11,13,16,22,28H,4-5,9,12,14-15,17-18H2,1-3H3.